The van der Waals surface area contributed by atoms with Crippen molar-refractivity contribution in [2.45, 2.75) is 12.5 Å². The summed E-state index contributed by atoms with van der Waals surface area (Å²) in [5, 5.41) is 25.8. The Labute approximate surface area is 165 Å². The van der Waals surface area contributed by atoms with Crippen molar-refractivity contribution in [1.82, 2.24) is 15.1 Å². The first-order valence-corrected chi connectivity index (χ1v) is 8.59. The number of carbonyl (C=O) groups is 2. The molecule has 0 unspecified atom stereocenters. The van der Waals surface area contributed by atoms with Gasteiger partial charge in [-0.15, -0.1) is 0 Å². The number of nitrogens with zero attached hydrogens (tertiary/aromatic N) is 2. The molecule has 0 aliphatic rings. The first kappa shape index (κ1) is 19.9. The van der Waals surface area contributed by atoms with E-state index in [2.05, 4.69) is 10.4 Å². The van der Waals surface area contributed by atoms with Gasteiger partial charge in [-0.25, -0.2) is 4.39 Å². The maximum Gasteiger partial charge on any atom is 0.305 e. The first-order valence-electron chi connectivity index (χ1n) is 8.59. The normalized spacial score (nSPS) is 11.7. The van der Waals surface area contributed by atoms with Crippen LogP contribution in [0.1, 0.15) is 28.5 Å². The van der Waals surface area contributed by atoms with Gasteiger partial charge in [0.25, 0.3) is 5.91 Å². The highest BCUT2D eigenvalue weighted by atomic mass is 19.1. The van der Waals surface area contributed by atoms with Crippen LogP contribution in [0.3, 0.4) is 0 Å². The lowest BCUT2D eigenvalue weighted by Gasteiger charge is -2.17. The molecule has 8 nitrogen and oxygen atoms in total. The molecular formula is C20H18FN3O5. The van der Waals surface area contributed by atoms with Crippen LogP contribution in [0, 0.1) is 5.82 Å². The average Bonchev–Trinajstić information content (AvgIpc) is 3.09. The average molecular weight is 399 g/mol. The second kappa shape index (κ2) is 8.42. The van der Waals surface area contributed by atoms with Crippen LogP contribution in [0.5, 0.6) is 11.6 Å². The standard InChI is InChI=1S/C20H18FN3O5/c1-29-13-6-4-5-12(9-13)15(11-19(26)27)22-20(28)16-10-18(25)24(23-16)17-8-3-2-7-14(17)21/h2-10,15,25H,11H2,1H3,(H,22,28)(H,26,27)/t15-/m0/s1. The van der Waals surface area contributed by atoms with Crippen molar-refractivity contribution in [3.05, 3.63) is 71.7 Å². The third-order valence-electron chi connectivity index (χ3n) is 4.18. The number of carboxylic acid groups (broad SMARTS) is 1. The summed E-state index contributed by atoms with van der Waals surface area (Å²) in [6, 6.07) is 12.5. The number of carbonyl (C=O) groups excluding carboxylic acids is 1. The van der Waals surface area contributed by atoms with E-state index in [4.69, 9.17) is 4.74 Å². The van der Waals surface area contributed by atoms with Crippen LogP contribution >= 0.6 is 0 Å². The van der Waals surface area contributed by atoms with Gasteiger partial charge in [-0.2, -0.15) is 9.78 Å². The van der Waals surface area contributed by atoms with Crippen LogP contribution in [-0.2, 0) is 4.79 Å². The predicted molar refractivity (Wildman–Crippen MR) is 101 cm³/mol. The molecule has 0 fully saturated rings. The summed E-state index contributed by atoms with van der Waals surface area (Å²) in [6.45, 7) is 0. The molecule has 0 aliphatic heterocycles. The van der Waals surface area contributed by atoms with E-state index >= 15 is 0 Å². The van der Waals surface area contributed by atoms with E-state index in [-0.39, 0.29) is 17.8 Å². The van der Waals surface area contributed by atoms with Crippen LogP contribution < -0.4 is 10.1 Å². The molecule has 3 aromatic rings. The largest absolute Gasteiger partial charge is 0.497 e. The number of hydrogen-bond acceptors (Lipinski definition) is 5. The molecule has 3 N–H and O–H groups in total. The number of hydrogen-bond donors (Lipinski definition) is 3. The number of aromatic hydroxyl groups is 1. The van der Waals surface area contributed by atoms with E-state index in [9.17, 15) is 24.2 Å². The van der Waals surface area contributed by atoms with Crippen LogP contribution in [0.25, 0.3) is 5.69 Å². The Morgan fingerprint density at radius 2 is 1.97 bits per heavy atom. The Morgan fingerprint density at radius 1 is 1.21 bits per heavy atom. The molecule has 1 heterocycles. The smallest absolute Gasteiger partial charge is 0.305 e. The fourth-order valence-electron chi connectivity index (χ4n) is 2.80. The SMILES string of the molecule is COc1cccc([C@H](CC(=O)O)NC(=O)c2cc(O)n(-c3ccccc3F)n2)c1. The summed E-state index contributed by atoms with van der Waals surface area (Å²) in [5.74, 6) is -2.38. The number of benzene rings is 2. The van der Waals surface area contributed by atoms with Gasteiger partial charge >= 0.3 is 5.97 Å². The Bertz CT molecular complexity index is 1050. The quantitative estimate of drug-likeness (QED) is 0.563. The topological polar surface area (TPSA) is 114 Å². The van der Waals surface area contributed by atoms with Gasteiger partial charge in [-0.05, 0) is 29.8 Å². The van der Waals surface area contributed by atoms with Gasteiger partial charge in [-0.1, -0.05) is 24.3 Å². The molecule has 29 heavy (non-hydrogen) atoms. The minimum Gasteiger partial charge on any atom is -0.497 e. The first-order chi connectivity index (χ1) is 13.9. The van der Waals surface area contributed by atoms with E-state index in [0.29, 0.717) is 11.3 Å². The van der Waals surface area contributed by atoms with Crippen LogP contribution in [0.2, 0.25) is 0 Å². The van der Waals surface area contributed by atoms with Crippen molar-refractivity contribution < 1.29 is 28.9 Å². The number of ether oxygens (including phenoxy) is 1. The highest BCUT2D eigenvalue weighted by Gasteiger charge is 2.22. The molecule has 0 aliphatic carbocycles. The molecule has 0 spiro atoms. The number of nitrogens with one attached hydrogen (secondary N) is 1. The summed E-state index contributed by atoms with van der Waals surface area (Å²) >= 11 is 0. The highest BCUT2D eigenvalue weighted by molar-refractivity contribution is 5.93. The van der Waals surface area contributed by atoms with Crippen molar-refractivity contribution in [1.29, 1.82) is 0 Å². The molecule has 3 rings (SSSR count). The number of halogens is 1. The molecule has 1 amide bonds. The summed E-state index contributed by atoms with van der Waals surface area (Å²) in [7, 11) is 1.47. The van der Waals surface area contributed by atoms with E-state index in [1.165, 1.54) is 25.3 Å². The van der Waals surface area contributed by atoms with Crippen LogP contribution in [-0.4, -0.2) is 39.0 Å². The molecular weight excluding hydrogens is 381 g/mol. The zero-order valence-electron chi connectivity index (χ0n) is 15.4. The lowest BCUT2D eigenvalue weighted by atomic mass is 10.0. The van der Waals surface area contributed by atoms with Gasteiger partial charge in [0.1, 0.15) is 17.3 Å². The summed E-state index contributed by atoms with van der Waals surface area (Å²) in [6.07, 6.45) is -0.376. The van der Waals surface area contributed by atoms with Gasteiger partial charge in [0.05, 0.1) is 19.6 Å². The molecule has 0 radical (unpaired) electrons. The zero-order chi connectivity index (χ0) is 21.0. The Kier molecular flexibility index (Phi) is 5.77. The minimum absolute atomic E-state index is 0.0288. The molecule has 1 aromatic heterocycles. The number of carboxylic acids is 1. The van der Waals surface area contributed by atoms with Crippen LogP contribution in [0.15, 0.2) is 54.6 Å². The summed E-state index contributed by atoms with van der Waals surface area (Å²) < 4.78 is 20.0. The van der Waals surface area contributed by atoms with Gasteiger partial charge in [0, 0.05) is 6.07 Å². The number of aliphatic carboxylic acids is 1. The number of para-hydroxylation sites is 1. The Morgan fingerprint density at radius 3 is 2.66 bits per heavy atom. The van der Waals surface area contributed by atoms with Crippen molar-refractivity contribution in [3.8, 4) is 17.3 Å². The van der Waals surface area contributed by atoms with E-state index in [1.807, 2.05) is 0 Å². The van der Waals surface area contributed by atoms with E-state index in [0.717, 1.165) is 10.7 Å². The Balaban J connectivity index is 1.87. The molecule has 2 aromatic carbocycles. The minimum atomic E-state index is -1.11. The maximum absolute atomic E-state index is 14.0. The lowest BCUT2D eigenvalue weighted by Crippen LogP contribution is -2.30. The summed E-state index contributed by atoms with van der Waals surface area (Å²) in [4.78, 5) is 23.9. The summed E-state index contributed by atoms with van der Waals surface area (Å²) in [5.41, 5.74) is 0.306. The fourth-order valence-corrected chi connectivity index (χ4v) is 2.80. The van der Waals surface area contributed by atoms with E-state index in [1.54, 1.807) is 30.3 Å². The fraction of sp³-hybridized carbons (Fsp3) is 0.150. The predicted octanol–water partition coefficient (Wildman–Crippen LogP) is 2.67. The van der Waals surface area contributed by atoms with E-state index < -0.39 is 29.6 Å². The third-order valence-corrected chi connectivity index (χ3v) is 4.18. The van der Waals surface area contributed by atoms with Crippen molar-refractivity contribution in [2.24, 2.45) is 0 Å². The molecule has 150 valence electrons. The Hall–Kier alpha value is -3.88. The lowest BCUT2D eigenvalue weighted by molar-refractivity contribution is -0.137. The second-order valence-corrected chi connectivity index (χ2v) is 6.15. The zero-order valence-corrected chi connectivity index (χ0v) is 15.4. The van der Waals surface area contributed by atoms with Crippen LogP contribution in [0.4, 0.5) is 4.39 Å². The van der Waals surface area contributed by atoms with Crippen molar-refractivity contribution in [2.75, 3.05) is 7.11 Å². The number of methoxy groups -OCH3 is 1. The second-order valence-electron chi connectivity index (χ2n) is 6.15. The van der Waals surface area contributed by atoms with Crippen molar-refractivity contribution in [3.63, 3.8) is 0 Å². The van der Waals surface area contributed by atoms with Gasteiger partial charge in [0.2, 0.25) is 5.88 Å². The number of aromatic nitrogens is 2. The van der Waals surface area contributed by atoms with Gasteiger partial charge in [0.15, 0.2) is 5.69 Å². The number of amides is 1. The van der Waals surface area contributed by atoms with Gasteiger partial charge < -0.3 is 20.3 Å². The maximum atomic E-state index is 14.0. The molecule has 0 bridgehead atoms. The van der Waals surface area contributed by atoms with Gasteiger partial charge in [-0.3, -0.25) is 9.59 Å². The molecule has 0 saturated carbocycles. The number of rotatable bonds is 7. The van der Waals surface area contributed by atoms with Crippen molar-refractivity contribution >= 4 is 11.9 Å². The third kappa shape index (κ3) is 4.52. The molecule has 1 atom stereocenters. The molecule has 9 heteroatoms. The molecule has 0 saturated heterocycles. The highest BCUT2D eigenvalue weighted by Crippen LogP contribution is 2.24. The monoisotopic (exact) mass is 399 g/mol.